The van der Waals surface area contributed by atoms with Gasteiger partial charge in [0.05, 0.1) is 0 Å². The van der Waals surface area contributed by atoms with Gasteiger partial charge >= 0.3 is 0 Å². The van der Waals surface area contributed by atoms with Crippen LogP contribution in [0.2, 0.25) is 0 Å². The van der Waals surface area contributed by atoms with Gasteiger partial charge in [0.1, 0.15) is 0 Å². The zero-order chi connectivity index (χ0) is 13.4. The van der Waals surface area contributed by atoms with Crippen LogP contribution in [0.5, 0.6) is 0 Å². The highest BCUT2D eigenvalue weighted by Gasteiger charge is 2.28. The van der Waals surface area contributed by atoms with E-state index in [1.807, 2.05) is 30.3 Å². The molecule has 3 rings (SSSR count). The third kappa shape index (κ3) is 1.96. The zero-order valence-electron chi connectivity index (χ0n) is 9.89. The van der Waals surface area contributed by atoms with E-state index in [1.54, 1.807) is 12.1 Å². The summed E-state index contributed by atoms with van der Waals surface area (Å²) in [5.41, 5.74) is 2.53. The monoisotopic (exact) mass is 312 g/mol. The number of hydrogen-bond acceptors (Lipinski definition) is 2. The highest BCUT2D eigenvalue weighted by molar-refractivity contribution is 9.15. The summed E-state index contributed by atoms with van der Waals surface area (Å²) >= 11 is 3.48. The van der Waals surface area contributed by atoms with E-state index < -0.39 is 0 Å². The quantitative estimate of drug-likeness (QED) is 0.807. The van der Waals surface area contributed by atoms with Crippen molar-refractivity contribution >= 4 is 31.8 Å². The lowest BCUT2D eigenvalue weighted by Gasteiger charge is -2.01. The molecule has 0 aromatic heterocycles. The third-order valence-corrected chi connectivity index (χ3v) is 3.91. The summed E-state index contributed by atoms with van der Waals surface area (Å²) in [6.07, 6.45) is 0. The molecule has 0 unspecified atom stereocenters. The first-order valence-corrected chi connectivity index (χ1v) is 6.62. The molecule has 0 saturated heterocycles. The number of fused-ring (bicyclic) bond motifs is 1. The predicted octanol–water partition coefficient (Wildman–Crippen LogP) is 3.51. The van der Waals surface area contributed by atoms with Gasteiger partial charge in [-0.1, -0.05) is 42.5 Å². The lowest BCUT2D eigenvalue weighted by atomic mass is 10.0. The molecule has 0 atom stereocenters. The molecule has 0 N–H and O–H groups in total. The van der Waals surface area contributed by atoms with Crippen molar-refractivity contribution in [3.63, 3.8) is 0 Å². The van der Waals surface area contributed by atoms with Crippen LogP contribution in [-0.2, 0) is 0 Å². The molecule has 1 aliphatic rings. The van der Waals surface area contributed by atoms with E-state index in [2.05, 4.69) is 15.9 Å². The van der Waals surface area contributed by atoms with E-state index in [0.29, 0.717) is 11.1 Å². The standard InChI is InChI=1S/C16H9BrO2/c17-15-12-8-4-7-11(18)9-13(12)16(19)14(15)10-5-2-1-3-6-10/h1-9H. The molecule has 0 bridgehead atoms. The van der Waals surface area contributed by atoms with Gasteiger partial charge in [-0.2, -0.15) is 0 Å². The van der Waals surface area contributed by atoms with Crippen molar-refractivity contribution in [1.82, 2.24) is 0 Å². The summed E-state index contributed by atoms with van der Waals surface area (Å²) in [5, 5.41) is 0. The lowest BCUT2D eigenvalue weighted by Crippen LogP contribution is -2.01. The van der Waals surface area contributed by atoms with Gasteiger partial charge < -0.3 is 0 Å². The van der Waals surface area contributed by atoms with Gasteiger partial charge in [0, 0.05) is 21.2 Å². The van der Waals surface area contributed by atoms with Crippen molar-refractivity contribution in [2.75, 3.05) is 0 Å². The molecule has 0 amide bonds. The highest BCUT2D eigenvalue weighted by atomic mass is 79.9. The Hall–Kier alpha value is -2.00. The number of allylic oxidation sites excluding steroid dienone is 1. The fraction of sp³-hybridized carbons (Fsp3) is 0. The highest BCUT2D eigenvalue weighted by Crippen LogP contribution is 2.40. The molecule has 0 fully saturated rings. The molecule has 0 radical (unpaired) electrons. The Kier molecular flexibility index (Phi) is 2.91. The minimum absolute atomic E-state index is 0.110. The third-order valence-electron chi connectivity index (χ3n) is 3.09. The van der Waals surface area contributed by atoms with Gasteiger partial charge in [0.25, 0.3) is 0 Å². The van der Waals surface area contributed by atoms with E-state index in [4.69, 9.17) is 0 Å². The van der Waals surface area contributed by atoms with Crippen molar-refractivity contribution in [2.24, 2.45) is 0 Å². The molecule has 0 aliphatic heterocycles. The molecular weight excluding hydrogens is 304 g/mol. The Balaban J connectivity index is 2.27. The average molecular weight is 313 g/mol. The summed E-state index contributed by atoms with van der Waals surface area (Å²) < 4.78 is 0.745. The van der Waals surface area contributed by atoms with Crippen LogP contribution in [0.3, 0.4) is 0 Å². The molecular formula is C16H9BrO2. The van der Waals surface area contributed by atoms with Crippen molar-refractivity contribution in [3.8, 4) is 0 Å². The molecule has 0 saturated carbocycles. The topological polar surface area (TPSA) is 34.1 Å². The molecule has 0 heterocycles. The Bertz CT molecular complexity index is 761. The number of Topliss-reactive ketones (excluding diaryl/α,β-unsaturated/α-hetero) is 1. The van der Waals surface area contributed by atoms with Gasteiger partial charge in [-0.25, -0.2) is 0 Å². The normalized spacial score (nSPS) is 13.6. The van der Waals surface area contributed by atoms with Crippen molar-refractivity contribution in [3.05, 3.63) is 81.5 Å². The van der Waals surface area contributed by atoms with E-state index in [9.17, 15) is 9.59 Å². The second kappa shape index (κ2) is 4.59. The number of rotatable bonds is 1. The van der Waals surface area contributed by atoms with E-state index in [0.717, 1.165) is 15.6 Å². The van der Waals surface area contributed by atoms with Crippen LogP contribution in [0.1, 0.15) is 21.5 Å². The molecule has 0 spiro atoms. The molecule has 19 heavy (non-hydrogen) atoms. The maximum atomic E-state index is 12.5. The maximum absolute atomic E-state index is 12.5. The van der Waals surface area contributed by atoms with Crippen LogP contribution >= 0.6 is 15.9 Å². The van der Waals surface area contributed by atoms with Gasteiger partial charge in [0.15, 0.2) is 11.2 Å². The van der Waals surface area contributed by atoms with Crippen LogP contribution in [0.4, 0.5) is 0 Å². The largest absolute Gasteiger partial charge is 0.290 e. The average Bonchev–Trinajstić information content (AvgIpc) is 2.57. The second-order valence-corrected chi connectivity index (χ2v) is 5.08. The predicted molar refractivity (Wildman–Crippen MR) is 79.2 cm³/mol. The lowest BCUT2D eigenvalue weighted by molar-refractivity contribution is 0.105. The molecule has 2 aromatic carbocycles. The fourth-order valence-electron chi connectivity index (χ4n) is 2.21. The van der Waals surface area contributed by atoms with Crippen LogP contribution in [-0.4, -0.2) is 5.78 Å². The number of carbonyl (C=O) groups is 1. The van der Waals surface area contributed by atoms with Crippen LogP contribution < -0.4 is 5.43 Å². The molecule has 1 aliphatic carbocycles. The Morgan fingerprint density at radius 1 is 0.789 bits per heavy atom. The first-order chi connectivity index (χ1) is 9.18. The van der Waals surface area contributed by atoms with E-state index in [1.165, 1.54) is 12.1 Å². The van der Waals surface area contributed by atoms with Gasteiger partial charge in [-0.05, 0) is 33.6 Å². The first kappa shape index (κ1) is 12.1. The van der Waals surface area contributed by atoms with Gasteiger partial charge in [0.2, 0.25) is 0 Å². The molecule has 92 valence electrons. The first-order valence-electron chi connectivity index (χ1n) is 5.83. The van der Waals surface area contributed by atoms with Crippen LogP contribution in [0.15, 0.2) is 59.4 Å². The van der Waals surface area contributed by atoms with Crippen LogP contribution in [0.25, 0.3) is 10.1 Å². The summed E-state index contributed by atoms with van der Waals surface area (Å²) in [6.45, 7) is 0. The summed E-state index contributed by atoms with van der Waals surface area (Å²) in [6, 6.07) is 15.8. The Labute approximate surface area is 118 Å². The summed E-state index contributed by atoms with van der Waals surface area (Å²) in [5.74, 6) is -0.110. The SMILES string of the molecule is O=C1C(c2ccccc2)=C(Br)c2cccc(=O)cc21. The van der Waals surface area contributed by atoms with Crippen molar-refractivity contribution in [1.29, 1.82) is 0 Å². The molecule has 2 aromatic rings. The smallest absolute Gasteiger partial charge is 0.195 e. The van der Waals surface area contributed by atoms with Gasteiger partial charge in [-0.15, -0.1) is 0 Å². The minimum Gasteiger partial charge on any atom is -0.290 e. The number of carbonyl (C=O) groups excluding carboxylic acids is 1. The molecule has 2 nitrogen and oxygen atoms in total. The Morgan fingerprint density at radius 3 is 2.26 bits per heavy atom. The van der Waals surface area contributed by atoms with E-state index >= 15 is 0 Å². The Morgan fingerprint density at radius 2 is 1.53 bits per heavy atom. The number of hydrogen-bond donors (Lipinski definition) is 0. The second-order valence-electron chi connectivity index (χ2n) is 4.28. The van der Waals surface area contributed by atoms with Crippen LogP contribution in [0, 0.1) is 0 Å². The summed E-state index contributed by atoms with van der Waals surface area (Å²) in [7, 11) is 0. The summed E-state index contributed by atoms with van der Waals surface area (Å²) in [4.78, 5) is 24.0. The van der Waals surface area contributed by atoms with Crippen molar-refractivity contribution in [2.45, 2.75) is 0 Å². The molecule has 3 heteroatoms. The maximum Gasteiger partial charge on any atom is 0.195 e. The van der Waals surface area contributed by atoms with Crippen molar-refractivity contribution < 1.29 is 4.79 Å². The fourth-order valence-corrected chi connectivity index (χ4v) is 2.96. The number of ketones is 1. The van der Waals surface area contributed by atoms with E-state index in [-0.39, 0.29) is 11.2 Å². The number of benzene rings is 1. The van der Waals surface area contributed by atoms with Gasteiger partial charge in [-0.3, -0.25) is 9.59 Å². The number of halogens is 1. The minimum atomic E-state index is -0.163. The zero-order valence-corrected chi connectivity index (χ0v) is 11.5.